The average Bonchev–Trinajstić information content (AvgIpc) is 2.86. The minimum Gasteiger partial charge on any atom is -0.497 e. The summed E-state index contributed by atoms with van der Waals surface area (Å²) in [5.41, 5.74) is 7.07. The number of methoxy groups -OCH3 is 1. The number of hydrogen-bond acceptors (Lipinski definition) is 6. The van der Waals surface area contributed by atoms with Gasteiger partial charge in [-0.05, 0) is 24.6 Å². The number of ether oxygens (including phenoxy) is 2. The fraction of sp³-hybridized carbons (Fsp3) is 0.286. The Labute approximate surface area is 121 Å². The third-order valence-corrected chi connectivity index (χ3v) is 3.89. The van der Waals surface area contributed by atoms with Crippen LogP contribution in [0.25, 0.3) is 0 Å². The molecule has 0 aliphatic carbocycles. The van der Waals surface area contributed by atoms with Gasteiger partial charge in [-0.25, -0.2) is 9.78 Å². The first-order chi connectivity index (χ1) is 9.63. The molecule has 2 rings (SSSR count). The number of esters is 1. The molecule has 0 unspecified atom stereocenters. The van der Waals surface area contributed by atoms with Crippen molar-refractivity contribution in [2.45, 2.75) is 20.1 Å². The molecule has 0 radical (unpaired) electrons. The lowest BCUT2D eigenvalue weighted by molar-refractivity contribution is 0.0477. The van der Waals surface area contributed by atoms with Gasteiger partial charge < -0.3 is 15.2 Å². The van der Waals surface area contributed by atoms with Gasteiger partial charge in [-0.2, -0.15) is 0 Å². The summed E-state index contributed by atoms with van der Waals surface area (Å²) < 4.78 is 10.3. The van der Waals surface area contributed by atoms with Crippen LogP contribution in [0.3, 0.4) is 0 Å². The second-order valence-corrected chi connectivity index (χ2v) is 5.23. The first-order valence-corrected chi connectivity index (χ1v) is 6.92. The van der Waals surface area contributed by atoms with Gasteiger partial charge in [0.05, 0.1) is 12.8 Å². The van der Waals surface area contributed by atoms with Gasteiger partial charge in [0.1, 0.15) is 22.2 Å². The fourth-order valence-electron chi connectivity index (χ4n) is 1.67. The van der Waals surface area contributed by atoms with E-state index in [0.29, 0.717) is 17.1 Å². The van der Waals surface area contributed by atoms with Crippen LogP contribution >= 0.6 is 11.3 Å². The Morgan fingerprint density at radius 1 is 1.35 bits per heavy atom. The van der Waals surface area contributed by atoms with Crippen molar-refractivity contribution >= 4 is 17.3 Å². The molecule has 2 N–H and O–H groups in total. The van der Waals surface area contributed by atoms with Crippen molar-refractivity contribution in [1.29, 1.82) is 0 Å². The van der Waals surface area contributed by atoms with Gasteiger partial charge in [-0.3, -0.25) is 0 Å². The molecule has 0 saturated heterocycles. The van der Waals surface area contributed by atoms with E-state index in [-0.39, 0.29) is 12.6 Å². The monoisotopic (exact) mass is 292 g/mol. The highest BCUT2D eigenvalue weighted by Crippen LogP contribution is 2.19. The molecule has 0 saturated carbocycles. The van der Waals surface area contributed by atoms with E-state index >= 15 is 0 Å². The zero-order valence-electron chi connectivity index (χ0n) is 11.4. The van der Waals surface area contributed by atoms with Crippen LogP contribution < -0.4 is 10.5 Å². The van der Waals surface area contributed by atoms with Crippen molar-refractivity contribution in [2.75, 3.05) is 7.11 Å². The van der Waals surface area contributed by atoms with Gasteiger partial charge in [0.15, 0.2) is 0 Å². The molecular weight excluding hydrogens is 276 g/mol. The lowest BCUT2D eigenvalue weighted by atomic mass is 10.2. The smallest absolute Gasteiger partial charge is 0.350 e. The average molecular weight is 292 g/mol. The van der Waals surface area contributed by atoms with Crippen LogP contribution in [0, 0.1) is 6.92 Å². The van der Waals surface area contributed by atoms with Gasteiger partial charge in [0.25, 0.3) is 0 Å². The van der Waals surface area contributed by atoms with E-state index in [0.717, 1.165) is 16.3 Å². The quantitative estimate of drug-likeness (QED) is 0.856. The predicted molar refractivity (Wildman–Crippen MR) is 76.9 cm³/mol. The molecule has 0 amide bonds. The molecule has 0 aliphatic heterocycles. The first-order valence-electron chi connectivity index (χ1n) is 6.10. The summed E-state index contributed by atoms with van der Waals surface area (Å²) in [5, 5.41) is 0.735. The van der Waals surface area contributed by atoms with Crippen LogP contribution in [0.5, 0.6) is 5.75 Å². The van der Waals surface area contributed by atoms with Crippen molar-refractivity contribution in [1.82, 2.24) is 4.98 Å². The molecule has 0 fully saturated rings. The van der Waals surface area contributed by atoms with Crippen molar-refractivity contribution in [2.24, 2.45) is 5.73 Å². The summed E-state index contributed by atoms with van der Waals surface area (Å²) in [6, 6.07) is 7.37. The second kappa shape index (κ2) is 6.49. The molecule has 20 heavy (non-hydrogen) atoms. The number of nitrogens with two attached hydrogens (primary N) is 1. The highest BCUT2D eigenvalue weighted by Gasteiger charge is 2.16. The minimum absolute atomic E-state index is 0.220. The number of carbonyl (C=O) groups excluding carboxylic acids is 1. The number of nitrogens with zero attached hydrogens (tertiary/aromatic N) is 1. The molecule has 106 valence electrons. The van der Waals surface area contributed by atoms with E-state index in [9.17, 15) is 4.79 Å². The fourth-order valence-corrected chi connectivity index (χ4v) is 2.50. The molecule has 6 heteroatoms. The molecule has 1 aromatic heterocycles. The number of aryl methyl sites for hydroxylation is 1. The molecule has 0 atom stereocenters. The van der Waals surface area contributed by atoms with Crippen LogP contribution in [0.2, 0.25) is 0 Å². The third kappa shape index (κ3) is 3.34. The highest BCUT2D eigenvalue weighted by atomic mass is 32.1. The standard InChI is InChI=1S/C14H16N2O3S/c1-9-13(20-12(7-15)16-9)14(17)19-8-10-3-5-11(18-2)6-4-10/h3-6H,7-8,15H2,1-2H3. The zero-order chi connectivity index (χ0) is 14.5. The SMILES string of the molecule is COc1ccc(COC(=O)c2sc(CN)nc2C)cc1. The Hall–Kier alpha value is -1.92. The number of rotatable bonds is 5. The van der Waals surface area contributed by atoms with Crippen molar-refractivity contribution < 1.29 is 14.3 Å². The largest absolute Gasteiger partial charge is 0.497 e. The molecular formula is C14H16N2O3S. The van der Waals surface area contributed by atoms with E-state index in [2.05, 4.69) is 4.98 Å². The Morgan fingerprint density at radius 2 is 2.05 bits per heavy atom. The molecule has 1 aromatic carbocycles. The maximum atomic E-state index is 12.0. The zero-order valence-corrected chi connectivity index (χ0v) is 12.2. The van der Waals surface area contributed by atoms with E-state index in [4.69, 9.17) is 15.2 Å². The van der Waals surface area contributed by atoms with Crippen LogP contribution in [-0.2, 0) is 17.9 Å². The molecule has 0 bridgehead atoms. The highest BCUT2D eigenvalue weighted by molar-refractivity contribution is 7.13. The van der Waals surface area contributed by atoms with Crippen molar-refractivity contribution in [3.8, 4) is 5.75 Å². The lowest BCUT2D eigenvalue weighted by Gasteiger charge is -2.05. The molecule has 1 heterocycles. The summed E-state index contributed by atoms with van der Waals surface area (Å²) in [4.78, 5) is 16.7. The number of benzene rings is 1. The van der Waals surface area contributed by atoms with Crippen LogP contribution in [0.15, 0.2) is 24.3 Å². The number of aromatic nitrogens is 1. The Kier molecular flexibility index (Phi) is 4.70. The summed E-state index contributed by atoms with van der Waals surface area (Å²) in [6.45, 7) is 2.33. The van der Waals surface area contributed by atoms with Gasteiger partial charge in [0.2, 0.25) is 0 Å². The number of thiazole rings is 1. The predicted octanol–water partition coefficient (Wildman–Crippen LogP) is 2.28. The Balaban J connectivity index is 1.98. The maximum Gasteiger partial charge on any atom is 0.350 e. The second-order valence-electron chi connectivity index (χ2n) is 4.15. The van der Waals surface area contributed by atoms with Crippen LogP contribution in [0.4, 0.5) is 0 Å². The lowest BCUT2D eigenvalue weighted by Crippen LogP contribution is -2.04. The van der Waals surface area contributed by atoms with Crippen molar-refractivity contribution in [3.63, 3.8) is 0 Å². The van der Waals surface area contributed by atoms with Gasteiger partial charge >= 0.3 is 5.97 Å². The van der Waals surface area contributed by atoms with E-state index < -0.39 is 0 Å². The Bertz CT molecular complexity index is 593. The first kappa shape index (κ1) is 14.5. The molecule has 5 nitrogen and oxygen atoms in total. The topological polar surface area (TPSA) is 74.4 Å². The maximum absolute atomic E-state index is 12.0. The van der Waals surface area contributed by atoms with E-state index in [1.165, 1.54) is 11.3 Å². The Morgan fingerprint density at radius 3 is 2.60 bits per heavy atom. The number of carbonyl (C=O) groups is 1. The summed E-state index contributed by atoms with van der Waals surface area (Å²) in [7, 11) is 1.61. The van der Waals surface area contributed by atoms with Gasteiger partial charge in [-0.1, -0.05) is 12.1 Å². The van der Waals surface area contributed by atoms with Crippen molar-refractivity contribution in [3.05, 3.63) is 45.4 Å². The number of hydrogen-bond donors (Lipinski definition) is 1. The van der Waals surface area contributed by atoms with Crippen LogP contribution in [-0.4, -0.2) is 18.1 Å². The summed E-state index contributed by atoms with van der Waals surface area (Å²) in [6.07, 6.45) is 0. The normalized spacial score (nSPS) is 10.3. The molecule has 0 spiro atoms. The van der Waals surface area contributed by atoms with E-state index in [1.54, 1.807) is 14.0 Å². The summed E-state index contributed by atoms with van der Waals surface area (Å²) >= 11 is 1.28. The third-order valence-electron chi connectivity index (χ3n) is 2.73. The molecule has 0 aliphatic rings. The van der Waals surface area contributed by atoms with Gasteiger partial charge in [0, 0.05) is 6.54 Å². The summed E-state index contributed by atoms with van der Waals surface area (Å²) in [5.74, 6) is 0.404. The van der Waals surface area contributed by atoms with Crippen LogP contribution in [0.1, 0.15) is 25.9 Å². The molecule has 2 aromatic rings. The van der Waals surface area contributed by atoms with Gasteiger partial charge in [-0.15, -0.1) is 11.3 Å². The van der Waals surface area contributed by atoms with E-state index in [1.807, 2.05) is 24.3 Å². The minimum atomic E-state index is -0.365.